The van der Waals surface area contributed by atoms with Crippen LogP contribution in [0.25, 0.3) is 0 Å². The van der Waals surface area contributed by atoms with Crippen molar-refractivity contribution in [3.63, 3.8) is 0 Å². The largest absolute Gasteiger partial charge is 0.342 e. The summed E-state index contributed by atoms with van der Waals surface area (Å²) in [4.78, 5) is 13.6. The number of hydrogen-bond acceptors (Lipinski definition) is 2. The molecule has 102 valence electrons. The van der Waals surface area contributed by atoms with Gasteiger partial charge in [0.15, 0.2) is 0 Å². The highest BCUT2D eigenvalue weighted by Crippen LogP contribution is 2.17. The van der Waals surface area contributed by atoms with E-state index in [1.54, 1.807) is 11.9 Å². The molecule has 0 aromatic heterocycles. The van der Waals surface area contributed by atoms with Crippen LogP contribution >= 0.6 is 28.3 Å². The summed E-state index contributed by atoms with van der Waals surface area (Å²) < 4.78 is 1.06. The van der Waals surface area contributed by atoms with Crippen molar-refractivity contribution >= 4 is 34.2 Å². The molecule has 1 rings (SSSR count). The van der Waals surface area contributed by atoms with E-state index in [0.29, 0.717) is 13.0 Å². The SMILES string of the molecule is CC(CN)N(C)C(=O)CCc1ccccc1Br.Cl. The second-order valence-electron chi connectivity index (χ2n) is 4.18. The van der Waals surface area contributed by atoms with Gasteiger partial charge >= 0.3 is 0 Å². The van der Waals surface area contributed by atoms with Crippen molar-refractivity contribution in [3.8, 4) is 0 Å². The number of carbonyl (C=O) groups excluding carboxylic acids is 1. The van der Waals surface area contributed by atoms with E-state index in [0.717, 1.165) is 16.5 Å². The van der Waals surface area contributed by atoms with Crippen LogP contribution in [-0.4, -0.2) is 30.4 Å². The number of amides is 1. The first kappa shape index (κ1) is 17.4. The topological polar surface area (TPSA) is 46.3 Å². The zero-order chi connectivity index (χ0) is 12.8. The third kappa shape index (κ3) is 4.96. The summed E-state index contributed by atoms with van der Waals surface area (Å²) in [5.41, 5.74) is 6.70. The van der Waals surface area contributed by atoms with Crippen LogP contribution in [0.2, 0.25) is 0 Å². The number of benzene rings is 1. The number of nitrogens with two attached hydrogens (primary N) is 1. The van der Waals surface area contributed by atoms with Gasteiger partial charge in [0.05, 0.1) is 0 Å². The minimum atomic E-state index is 0. The highest BCUT2D eigenvalue weighted by atomic mass is 79.9. The van der Waals surface area contributed by atoms with Crippen LogP contribution in [0.3, 0.4) is 0 Å². The van der Waals surface area contributed by atoms with E-state index in [4.69, 9.17) is 5.73 Å². The zero-order valence-electron chi connectivity index (χ0n) is 10.7. The predicted octanol–water partition coefficient (Wildman–Crippen LogP) is 2.61. The van der Waals surface area contributed by atoms with Gasteiger partial charge < -0.3 is 10.6 Å². The fourth-order valence-electron chi connectivity index (χ4n) is 1.52. The summed E-state index contributed by atoms with van der Waals surface area (Å²) in [6.07, 6.45) is 1.27. The average molecular weight is 336 g/mol. The molecule has 0 spiro atoms. The number of nitrogens with zero attached hydrogens (tertiary/aromatic N) is 1. The number of aryl methyl sites for hydroxylation is 1. The molecule has 1 aromatic carbocycles. The van der Waals surface area contributed by atoms with Crippen molar-refractivity contribution in [1.29, 1.82) is 0 Å². The Hall–Kier alpha value is -0.580. The summed E-state index contributed by atoms with van der Waals surface area (Å²) >= 11 is 3.48. The Morgan fingerprint density at radius 3 is 2.61 bits per heavy atom. The Kier molecular flexibility index (Phi) is 8.24. The molecule has 0 aliphatic heterocycles. The summed E-state index contributed by atoms with van der Waals surface area (Å²) in [6.45, 7) is 2.45. The van der Waals surface area contributed by atoms with Crippen LogP contribution < -0.4 is 5.73 Å². The molecular formula is C13H20BrClN2O. The number of hydrogen-bond donors (Lipinski definition) is 1. The first-order chi connectivity index (χ1) is 8.06. The number of likely N-dealkylation sites (N-methyl/N-ethyl adjacent to an activating group) is 1. The monoisotopic (exact) mass is 334 g/mol. The van der Waals surface area contributed by atoms with Gasteiger partial charge in [0.2, 0.25) is 5.91 Å². The fraction of sp³-hybridized carbons (Fsp3) is 0.462. The molecule has 1 atom stereocenters. The third-order valence-electron chi connectivity index (χ3n) is 2.96. The molecule has 1 amide bonds. The lowest BCUT2D eigenvalue weighted by Gasteiger charge is -2.23. The summed E-state index contributed by atoms with van der Waals surface area (Å²) in [7, 11) is 1.81. The molecule has 0 heterocycles. The molecule has 0 aliphatic rings. The van der Waals surface area contributed by atoms with Gasteiger partial charge in [-0.2, -0.15) is 0 Å². The first-order valence-corrected chi connectivity index (χ1v) is 6.54. The Balaban J connectivity index is 0.00000289. The number of rotatable bonds is 5. The van der Waals surface area contributed by atoms with E-state index in [2.05, 4.69) is 15.9 Å². The Labute approximate surface area is 123 Å². The number of halogens is 2. The highest BCUT2D eigenvalue weighted by molar-refractivity contribution is 9.10. The van der Waals surface area contributed by atoms with E-state index >= 15 is 0 Å². The Morgan fingerprint density at radius 1 is 1.44 bits per heavy atom. The maximum atomic E-state index is 11.9. The molecule has 0 aliphatic carbocycles. The smallest absolute Gasteiger partial charge is 0.222 e. The van der Waals surface area contributed by atoms with E-state index in [1.807, 2.05) is 31.2 Å². The van der Waals surface area contributed by atoms with Crippen molar-refractivity contribution in [2.45, 2.75) is 25.8 Å². The second-order valence-corrected chi connectivity index (χ2v) is 5.04. The predicted molar refractivity (Wildman–Crippen MR) is 81.0 cm³/mol. The van der Waals surface area contributed by atoms with Crippen LogP contribution in [0.4, 0.5) is 0 Å². The Morgan fingerprint density at radius 2 is 2.06 bits per heavy atom. The summed E-state index contributed by atoms with van der Waals surface area (Å²) in [6, 6.07) is 8.08. The average Bonchev–Trinajstić information content (AvgIpc) is 2.35. The molecule has 0 radical (unpaired) electrons. The molecule has 1 aromatic rings. The van der Waals surface area contributed by atoms with E-state index in [9.17, 15) is 4.79 Å². The molecule has 3 nitrogen and oxygen atoms in total. The van der Waals surface area contributed by atoms with Crippen LogP contribution in [0.15, 0.2) is 28.7 Å². The van der Waals surface area contributed by atoms with E-state index in [-0.39, 0.29) is 24.4 Å². The normalized spacial score (nSPS) is 11.6. The lowest BCUT2D eigenvalue weighted by Crippen LogP contribution is -2.39. The highest BCUT2D eigenvalue weighted by Gasteiger charge is 2.14. The van der Waals surface area contributed by atoms with Crippen LogP contribution in [0, 0.1) is 0 Å². The quantitative estimate of drug-likeness (QED) is 0.899. The molecule has 5 heteroatoms. The fourth-order valence-corrected chi connectivity index (χ4v) is 2.01. The zero-order valence-corrected chi connectivity index (χ0v) is 13.1. The third-order valence-corrected chi connectivity index (χ3v) is 3.74. The standard InChI is InChI=1S/C13H19BrN2O.ClH/c1-10(9-15)16(2)13(17)8-7-11-5-3-4-6-12(11)14;/h3-6,10H,7-9,15H2,1-2H3;1H. The lowest BCUT2D eigenvalue weighted by atomic mass is 10.1. The first-order valence-electron chi connectivity index (χ1n) is 5.75. The second kappa shape index (κ2) is 8.51. The molecule has 0 fully saturated rings. The minimum Gasteiger partial charge on any atom is -0.342 e. The van der Waals surface area contributed by atoms with Crippen molar-refractivity contribution in [2.75, 3.05) is 13.6 Å². The van der Waals surface area contributed by atoms with Gasteiger partial charge in [0.25, 0.3) is 0 Å². The van der Waals surface area contributed by atoms with Crippen LogP contribution in [-0.2, 0) is 11.2 Å². The maximum absolute atomic E-state index is 11.9. The molecule has 0 bridgehead atoms. The van der Waals surface area contributed by atoms with Crippen molar-refractivity contribution in [2.24, 2.45) is 5.73 Å². The molecule has 0 saturated heterocycles. The van der Waals surface area contributed by atoms with Gasteiger partial charge in [0, 0.05) is 30.5 Å². The van der Waals surface area contributed by atoms with Gasteiger partial charge in [0.1, 0.15) is 0 Å². The van der Waals surface area contributed by atoms with Gasteiger partial charge in [-0.05, 0) is 25.0 Å². The van der Waals surface area contributed by atoms with Gasteiger partial charge in [-0.1, -0.05) is 34.1 Å². The van der Waals surface area contributed by atoms with Gasteiger partial charge in [-0.15, -0.1) is 12.4 Å². The van der Waals surface area contributed by atoms with Gasteiger partial charge in [-0.25, -0.2) is 0 Å². The molecule has 18 heavy (non-hydrogen) atoms. The minimum absolute atomic E-state index is 0. The maximum Gasteiger partial charge on any atom is 0.222 e. The van der Waals surface area contributed by atoms with Crippen molar-refractivity contribution in [3.05, 3.63) is 34.3 Å². The Bertz CT molecular complexity index is 387. The molecule has 2 N–H and O–H groups in total. The molecular weight excluding hydrogens is 316 g/mol. The van der Waals surface area contributed by atoms with Crippen molar-refractivity contribution < 1.29 is 4.79 Å². The molecule has 0 saturated carbocycles. The van der Waals surface area contributed by atoms with E-state index < -0.39 is 0 Å². The van der Waals surface area contributed by atoms with Crippen LogP contribution in [0.1, 0.15) is 18.9 Å². The van der Waals surface area contributed by atoms with E-state index in [1.165, 1.54) is 0 Å². The van der Waals surface area contributed by atoms with Crippen LogP contribution in [0.5, 0.6) is 0 Å². The summed E-state index contributed by atoms with van der Waals surface area (Å²) in [5, 5.41) is 0. The summed E-state index contributed by atoms with van der Waals surface area (Å²) in [5.74, 6) is 0.138. The molecule has 1 unspecified atom stereocenters. The van der Waals surface area contributed by atoms with Gasteiger partial charge in [-0.3, -0.25) is 4.79 Å². The lowest BCUT2D eigenvalue weighted by molar-refractivity contribution is -0.131. The number of carbonyl (C=O) groups is 1. The van der Waals surface area contributed by atoms with Crippen molar-refractivity contribution in [1.82, 2.24) is 4.90 Å².